The molecule has 1 unspecified atom stereocenters. The van der Waals surface area contributed by atoms with Gasteiger partial charge in [-0.3, -0.25) is 0 Å². The van der Waals surface area contributed by atoms with Crippen LogP contribution in [0.5, 0.6) is 0 Å². The average Bonchev–Trinajstić information content (AvgIpc) is 2.41. The molecule has 1 saturated heterocycles. The maximum Gasteiger partial charge on any atom is 0.127 e. The fraction of sp³-hybridized carbons (Fsp3) is 0.462. The third-order valence-electron chi connectivity index (χ3n) is 2.38. The van der Waals surface area contributed by atoms with Crippen molar-refractivity contribution in [2.45, 2.75) is 12.8 Å². The Labute approximate surface area is 96.8 Å². The predicted molar refractivity (Wildman–Crippen MR) is 64.6 cm³/mol. The van der Waals surface area contributed by atoms with Gasteiger partial charge in [0.2, 0.25) is 0 Å². The van der Waals surface area contributed by atoms with Gasteiger partial charge < -0.3 is 14.8 Å². The summed E-state index contributed by atoms with van der Waals surface area (Å²) in [5, 5.41) is 3.16. The molecule has 1 aliphatic heterocycles. The molecule has 0 aromatic heterocycles. The zero-order valence-electron chi connectivity index (χ0n) is 9.69. The summed E-state index contributed by atoms with van der Waals surface area (Å²) in [6, 6.07) is 9.74. The summed E-state index contributed by atoms with van der Waals surface area (Å²) in [5.74, 6) is 0.0289. The lowest BCUT2D eigenvalue weighted by Gasteiger charge is -2.10. The van der Waals surface area contributed by atoms with Crippen LogP contribution in [-0.4, -0.2) is 32.6 Å². The number of morpholine rings is 1. The summed E-state index contributed by atoms with van der Waals surface area (Å²) in [6.45, 7) is 5.72. The first-order valence-electron chi connectivity index (χ1n) is 5.63. The van der Waals surface area contributed by atoms with Gasteiger partial charge in [0.1, 0.15) is 6.29 Å². The normalized spacial score (nSPS) is 16.8. The van der Waals surface area contributed by atoms with Crippen LogP contribution in [0.25, 0.3) is 0 Å². The largest absolute Gasteiger partial charge is 0.379 e. The molecule has 0 amide bonds. The number of rotatable bonds is 2. The number of carbonyl (C=O) groups excluding carboxylic acids is 1. The van der Waals surface area contributed by atoms with E-state index < -0.39 is 0 Å². The molecule has 1 aromatic rings. The second-order valence-corrected chi connectivity index (χ2v) is 3.70. The van der Waals surface area contributed by atoms with Crippen LogP contribution >= 0.6 is 0 Å². The molecule has 0 radical (unpaired) electrons. The molecule has 1 N–H and O–H groups in total. The van der Waals surface area contributed by atoms with Gasteiger partial charge in [-0.15, -0.1) is 0 Å². The van der Waals surface area contributed by atoms with Crippen molar-refractivity contribution in [1.29, 1.82) is 0 Å². The molecule has 1 aromatic carbocycles. The minimum absolute atomic E-state index is 0.0289. The molecular formula is C13H19NO2. The predicted octanol–water partition coefficient (Wildman–Crippen LogP) is 1.60. The second-order valence-electron chi connectivity index (χ2n) is 3.70. The Morgan fingerprint density at radius 2 is 1.88 bits per heavy atom. The van der Waals surface area contributed by atoms with E-state index in [0.717, 1.165) is 38.2 Å². The summed E-state index contributed by atoms with van der Waals surface area (Å²) in [7, 11) is 0. The Balaban J connectivity index is 0.000000181. The molecule has 3 nitrogen and oxygen atoms in total. The summed E-state index contributed by atoms with van der Waals surface area (Å²) in [4.78, 5) is 10.3. The van der Waals surface area contributed by atoms with E-state index in [4.69, 9.17) is 4.74 Å². The van der Waals surface area contributed by atoms with Crippen LogP contribution in [0.1, 0.15) is 18.4 Å². The fourth-order valence-corrected chi connectivity index (χ4v) is 1.35. The quantitative estimate of drug-likeness (QED) is 0.771. The van der Waals surface area contributed by atoms with Crippen LogP contribution in [0.15, 0.2) is 30.3 Å². The molecule has 0 saturated carbocycles. The maximum atomic E-state index is 10.3. The van der Waals surface area contributed by atoms with Crippen molar-refractivity contribution in [2.75, 3.05) is 26.3 Å². The number of hydrogen-bond donors (Lipinski definition) is 1. The molecule has 16 heavy (non-hydrogen) atoms. The Bertz CT molecular complexity index is 272. The fourth-order valence-electron chi connectivity index (χ4n) is 1.35. The lowest BCUT2D eigenvalue weighted by molar-refractivity contribution is -0.108. The number of carbonyl (C=O) groups is 1. The first kappa shape index (κ1) is 12.9. The van der Waals surface area contributed by atoms with E-state index in [0.29, 0.717) is 0 Å². The summed E-state index contributed by atoms with van der Waals surface area (Å²) < 4.78 is 5.01. The van der Waals surface area contributed by atoms with Gasteiger partial charge in [0.05, 0.1) is 13.2 Å². The summed E-state index contributed by atoms with van der Waals surface area (Å²) in [5.41, 5.74) is 1.08. The van der Waals surface area contributed by atoms with Gasteiger partial charge in [0, 0.05) is 19.0 Å². The molecule has 2 rings (SSSR count). The van der Waals surface area contributed by atoms with Crippen molar-refractivity contribution in [3.63, 3.8) is 0 Å². The van der Waals surface area contributed by atoms with Crippen molar-refractivity contribution < 1.29 is 9.53 Å². The van der Waals surface area contributed by atoms with Gasteiger partial charge in [-0.1, -0.05) is 37.3 Å². The van der Waals surface area contributed by atoms with Crippen LogP contribution < -0.4 is 5.32 Å². The van der Waals surface area contributed by atoms with Crippen molar-refractivity contribution in [2.24, 2.45) is 0 Å². The molecule has 0 aliphatic carbocycles. The van der Waals surface area contributed by atoms with Crippen molar-refractivity contribution in [1.82, 2.24) is 5.32 Å². The van der Waals surface area contributed by atoms with Crippen LogP contribution in [-0.2, 0) is 9.53 Å². The highest BCUT2D eigenvalue weighted by molar-refractivity contribution is 5.61. The zero-order valence-corrected chi connectivity index (χ0v) is 9.69. The van der Waals surface area contributed by atoms with Crippen molar-refractivity contribution in [3.8, 4) is 0 Å². The standard InChI is InChI=1S/C9H10O.C4H9NO/c1-8(7-10)9-5-3-2-4-6-9;1-3-6-4-2-5-1/h2-8H,1H3;5H,1-4H2. The minimum atomic E-state index is 0.0289. The monoisotopic (exact) mass is 221 g/mol. The van der Waals surface area contributed by atoms with Gasteiger partial charge >= 0.3 is 0 Å². The number of hydrogen-bond acceptors (Lipinski definition) is 3. The van der Waals surface area contributed by atoms with Crippen molar-refractivity contribution >= 4 is 6.29 Å². The van der Waals surface area contributed by atoms with Gasteiger partial charge in [-0.05, 0) is 5.56 Å². The SMILES string of the molecule is C1COCCN1.CC(C=O)c1ccccc1. The number of nitrogens with one attached hydrogen (secondary N) is 1. The maximum absolute atomic E-state index is 10.3. The Morgan fingerprint density at radius 3 is 2.25 bits per heavy atom. The van der Waals surface area contributed by atoms with Crippen LogP contribution in [0.3, 0.4) is 0 Å². The van der Waals surface area contributed by atoms with Crippen LogP contribution in [0.4, 0.5) is 0 Å². The lowest BCUT2D eigenvalue weighted by Crippen LogP contribution is -2.30. The summed E-state index contributed by atoms with van der Waals surface area (Å²) in [6.07, 6.45) is 0.954. The molecule has 1 atom stereocenters. The van der Waals surface area contributed by atoms with Gasteiger partial charge in [0.25, 0.3) is 0 Å². The molecular weight excluding hydrogens is 202 g/mol. The second kappa shape index (κ2) is 8.02. The molecule has 0 bridgehead atoms. The molecule has 0 spiro atoms. The number of aldehydes is 1. The van der Waals surface area contributed by atoms with Gasteiger partial charge in [0.15, 0.2) is 0 Å². The highest BCUT2D eigenvalue weighted by atomic mass is 16.5. The topological polar surface area (TPSA) is 38.3 Å². The Kier molecular flexibility index (Phi) is 6.45. The zero-order chi connectivity index (χ0) is 11.6. The summed E-state index contributed by atoms with van der Waals surface area (Å²) >= 11 is 0. The average molecular weight is 221 g/mol. The van der Waals surface area contributed by atoms with E-state index in [1.165, 1.54) is 0 Å². The van der Waals surface area contributed by atoms with E-state index >= 15 is 0 Å². The van der Waals surface area contributed by atoms with Gasteiger partial charge in [-0.2, -0.15) is 0 Å². The molecule has 1 fully saturated rings. The van der Waals surface area contributed by atoms with Crippen LogP contribution in [0, 0.1) is 0 Å². The Morgan fingerprint density at radius 1 is 1.25 bits per heavy atom. The van der Waals surface area contributed by atoms with E-state index in [1.807, 2.05) is 37.3 Å². The highest BCUT2D eigenvalue weighted by Crippen LogP contribution is 2.10. The number of ether oxygens (including phenoxy) is 1. The Hall–Kier alpha value is -1.19. The smallest absolute Gasteiger partial charge is 0.127 e. The van der Waals surface area contributed by atoms with E-state index in [2.05, 4.69) is 5.32 Å². The lowest BCUT2D eigenvalue weighted by atomic mass is 10.0. The van der Waals surface area contributed by atoms with E-state index in [1.54, 1.807) is 0 Å². The molecule has 1 heterocycles. The third kappa shape index (κ3) is 5.05. The molecule has 3 heteroatoms. The number of benzene rings is 1. The third-order valence-corrected chi connectivity index (χ3v) is 2.38. The minimum Gasteiger partial charge on any atom is -0.379 e. The first-order valence-corrected chi connectivity index (χ1v) is 5.63. The van der Waals surface area contributed by atoms with Crippen molar-refractivity contribution in [3.05, 3.63) is 35.9 Å². The molecule has 1 aliphatic rings. The molecule has 88 valence electrons. The van der Waals surface area contributed by atoms with Crippen LogP contribution in [0.2, 0.25) is 0 Å². The van der Waals surface area contributed by atoms with E-state index in [-0.39, 0.29) is 5.92 Å². The van der Waals surface area contributed by atoms with E-state index in [9.17, 15) is 4.79 Å². The first-order chi connectivity index (χ1) is 7.84. The highest BCUT2D eigenvalue weighted by Gasteiger charge is 1.99. The van der Waals surface area contributed by atoms with Gasteiger partial charge in [-0.25, -0.2) is 0 Å².